The highest BCUT2D eigenvalue weighted by molar-refractivity contribution is 5.97. The van der Waals surface area contributed by atoms with Gasteiger partial charge in [0.05, 0.1) is 23.5 Å². The van der Waals surface area contributed by atoms with Gasteiger partial charge >= 0.3 is 11.8 Å². The molecule has 1 amide bonds. The van der Waals surface area contributed by atoms with Crippen LogP contribution in [-0.4, -0.2) is 97.0 Å². The van der Waals surface area contributed by atoms with Crippen molar-refractivity contribution < 1.29 is 19.5 Å². The second kappa shape index (κ2) is 8.78. The molecule has 11 heteroatoms. The first kappa shape index (κ1) is 23.1. The number of H-pyrrole nitrogens is 1. The summed E-state index contributed by atoms with van der Waals surface area (Å²) in [7, 11) is 0. The Morgan fingerprint density at radius 1 is 1.19 bits per heavy atom. The van der Waals surface area contributed by atoms with Gasteiger partial charge in [0.15, 0.2) is 0 Å². The number of nitrogens with one attached hydrogen (secondary N) is 2. The lowest BCUT2D eigenvalue weighted by Gasteiger charge is -2.58. The number of aliphatic hydroxyl groups excluding tert-OH is 1. The van der Waals surface area contributed by atoms with Crippen LogP contribution in [0.25, 0.3) is 22.4 Å². The lowest BCUT2D eigenvalue weighted by atomic mass is 9.52. The molecule has 0 spiro atoms. The smallest absolute Gasteiger partial charge is 0.316 e. The van der Waals surface area contributed by atoms with Crippen LogP contribution < -0.4 is 5.32 Å². The number of amides is 1. The zero-order chi connectivity index (χ0) is 25.1. The minimum atomic E-state index is -0.494. The molecule has 0 radical (unpaired) electrons. The summed E-state index contributed by atoms with van der Waals surface area (Å²) in [5, 5.41) is 29.2. The van der Waals surface area contributed by atoms with E-state index >= 15 is 0 Å². The van der Waals surface area contributed by atoms with Gasteiger partial charge in [0.25, 0.3) is 0 Å². The van der Waals surface area contributed by atoms with E-state index < -0.39 is 5.60 Å². The van der Waals surface area contributed by atoms with Gasteiger partial charge in [-0.25, -0.2) is 4.98 Å². The van der Waals surface area contributed by atoms with Crippen LogP contribution in [-0.2, 0) is 0 Å². The van der Waals surface area contributed by atoms with Crippen LogP contribution >= 0.6 is 0 Å². The van der Waals surface area contributed by atoms with E-state index in [0.29, 0.717) is 61.9 Å². The van der Waals surface area contributed by atoms with Crippen molar-refractivity contribution in [1.82, 2.24) is 29.9 Å². The highest BCUT2D eigenvalue weighted by atomic mass is 16.5. The van der Waals surface area contributed by atoms with Gasteiger partial charge < -0.3 is 29.9 Å². The molecule has 3 aromatic heterocycles. The normalized spacial score (nSPS) is 31.4. The van der Waals surface area contributed by atoms with Crippen molar-refractivity contribution in [3.8, 4) is 11.4 Å². The van der Waals surface area contributed by atoms with E-state index in [-0.39, 0.29) is 24.4 Å². The van der Waals surface area contributed by atoms with Gasteiger partial charge in [-0.1, -0.05) is 5.16 Å². The highest BCUT2D eigenvalue weighted by Gasteiger charge is 2.54. The number of aromatic amines is 1. The molecule has 4 N–H and O–H groups in total. The number of β-amino-alcohol motifs (C(OH)–C–C–N with tert-alkyl or cyclic N) is 1. The first-order chi connectivity index (χ1) is 18.0. The monoisotopic (exact) mass is 507 g/mol. The van der Waals surface area contributed by atoms with E-state index in [4.69, 9.17) is 9.63 Å². The maximum atomic E-state index is 13.1. The van der Waals surface area contributed by atoms with Crippen molar-refractivity contribution >= 4 is 22.6 Å². The van der Waals surface area contributed by atoms with E-state index in [0.717, 1.165) is 48.8 Å². The highest BCUT2D eigenvalue weighted by Crippen LogP contribution is 2.56. The number of hydrogen-bond acceptors (Lipinski definition) is 9. The first-order valence-corrected chi connectivity index (χ1v) is 13.4. The van der Waals surface area contributed by atoms with Gasteiger partial charge in [0.1, 0.15) is 5.65 Å². The van der Waals surface area contributed by atoms with Crippen LogP contribution in [0.4, 0.5) is 5.69 Å². The molecule has 5 atom stereocenters. The number of carbonyl (C=O) groups is 1. The third kappa shape index (κ3) is 4.00. The predicted octanol–water partition coefficient (Wildman–Crippen LogP) is 1.71. The fourth-order valence-electron chi connectivity index (χ4n) is 7.59. The minimum Gasteiger partial charge on any atom is -0.395 e. The van der Waals surface area contributed by atoms with Crippen molar-refractivity contribution in [2.24, 2.45) is 17.8 Å². The molecule has 8 rings (SSSR count). The van der Waals surface area contributed by atoms with Crippen LogP contribution in [0, 0.1) is 17.8 Å². The number of carbonyl (C=O) groups excluding carboxylic acids is 1. The second-order valence-corrected chi connectivity index (χ2v) is 11.4. The summed E-state index contributed by atoms with van der Waals surface area (Å²) in [6.45, 7) is 3.24. The first-order valence-electron chi connectivity index (χ1n) is 13.4. The van der Waals surface area contributed by atoms with E-state index in [1.54, 1.807) is 11.1 Å². The van der Waals surface area contributed by atoms with E-state index in [1.807, 2.05) is 12.3 Å². The number of anilines is 1. The van der Waals surface area contributed by atoms with Gasteiger partial charge in [0.2, 0.25) is 5.82 Å². The number of nitrogens with zero attached hydrogens (tertiary/aromatic N) is 5. The number of rotatable bonds is 6. The topological polar surface area (TPSA) is 144 Å². The number of aromatic nitrogens is 4. The number of aliphatic hydroxyl groups is 2. The molecule has 0 aromatic carbocycles. The molecule has 3 aromatic rings. The SMILES string of the molecule is O=C(c1nc(-c2cnc3[nH]ccc3c2N[C@H]2[C@@H]3CC4C[C@H]2C[C@](O)(C4)C3)no1)N1CCN(CCO)CC1. The second-order valence-electron chi connectivity index (χ2n) is 11.4. The third-order valence-corrected chi connectivity index (χ3v) is 9.06. The Labute approximate surface area is 214 Å². The maximum absolute atomic E-state index is 13.1. The summed E-state index contributed by atoms with van der Waals surface area (Å²) < 4.78 is 5.45. The molecule has 196 valence electrons. The summed E-state index contributed by atoms with van der Waals surface area (Å²) in [6.07, 6.45) is 8.55. The van der Waals surface area contributed by atoms with Crippen LogP contribution in [0.1, 0.15) is 42.8 Å². The lowest BCUT2D eigenvalue weighted by molar-refractivity contribution is -0.129. The minimum absolute atomic E-state index is 0.0254. The van der Waals surface area contributed by atoms with E-state index in [2.05, 4.69) is 30.3 Å². The molecule has 11 nitrogen and oxygen atoms in total. The molecule has 4 heterocycles. The Balaban J connectivity index is 1.16. The number of piperazine rings is 1. The summed E-state index contributed by atoms with van der Waals surface area (Å²) in [6, 6.07) is 2.26. The van der Waals surface area contributed by atoms with Crippen molar-refractivity contribution in [3.63, 3.8) is 0 Å². The Bertz CT molecular complexity index is 1300. The molecule has 4 aliphatic carbocycles. The Hall–Kier alpha value is -3.02. The molecular weight excluding hydrogens is 474 g/mol. The standard InChI is InChI=1S/C26H33N7O4/c34-8-7-32-3-5-33(6-4-32)25(35)24-30-23(31-37-24)19-14-28-22-18(1-2-27-22)21(19)29-20-16-9-15-10-17(20)13-26(36,11-15)12-16/h1-2,14-17,20,34,36H,3-13H2,(H2,27,28,29)/t15?,16-,17+,20+,26+. The average Bonchev–Trinajstić information content (AvgIpc) is 3.56. The van der Waals surface area contributed by atoms with E-state index in [1.165, 1.54) is 0 Å². The molecule has 5 aliphatic rings. The molecule has 1 unspecified atom stereocenters. The fraction of sp³-hybridized carbons (Fsp3) is 0.615. The number of hydrogen-bond donors (Lipinski definition) is 4. The van der Waals surface area contributed by atoms with Crippen LogP contribution in [0.15, 0.2) is 23.0 Å². The van der Waals surface area contributed by atoms with Crippen LogP contribution in [0.5, 0.6) is 0 Å². The summed E-state index contributed by atoms with van der Waals surface area (Å²) in [5.41, 5.74) is 1.88. The Morgan fingerprint density at radius 3 is 2.70 bits per heavy atom. The van der Waals surface area contributed by atoms with Gasteiger partial charge in [-0.3, -0.25) is 9.69 Å². The van der Waals surface area contributed by atoms with Crippen molar-refractivity contribution in [2.45, 2.75) is 43.7 Å². The van der Waals surface area contributed by atoms with Crippen molar-refractivity contribution in [1.29, 1.82) is 0 Å². The molecule has 37 heavy (non-hydrogen) atoms. The van der Waals surface area contributed by atoms with Crippen molar-refractivity contribution in [3.05, 3.63) is 24.4 Å². The van der Waals surface area contributed by atoms with Crippen LogP contribution in [0.2, 0.25) is 0 Å². The van der Waals surface area contributed by atoms with Gasteiger partial charge in [0, 0.05) is 56.5 Å². The maximum Gasteiger partial charge on any atom is 0.316 e. The van der Waals surface area contributed by atoms with Crippen LogP contribution in [0.3, 0.4) is 0 Å². The fourth-order valence-corrected chi connectivity index (χ4v) is 7.59. The largest absolute Gasteiger partial charge is 0.395 e. The molecule has 4 saturated carbocycles. The zero-order valence-corrected chi connectivity index (χ0v) is 20.8. The number of pyridine rings is 1. The van der Waals surface area contributed by atoms with Gasteiger partial charge in [-0.15, -0.1) is 0 Å². The lowest BCUT2D eigenvalue weighted by Crippen LogP contribution is -2.59. The summed E-state index contributed by atoms with van der Waals surface area (Å²) >= 11 is 0. The Kier molecular flexibility index (Phi) is 5.49. The molecule has 4 bridgehead atoms. The Morgan fingerprint density at radius 2 is 1.97 bits per heavy atom. The molecule has 5 fully saturated rings. The molecule has 1 aliphatic heterocycles. The summed E-state index contributed by atoms with van der Waals surface area (Å²) in [4.78, 5) is 29.2. The number of fused-ring (bicyclic) bond motifs is 1. The predicted molar refractivity (Wildman–Crippen MR) is 135 cm³/mol. The molecule has 1 saturated heterocycles. The van der Waals surface area contributed by atoms with Gasteiger partial charge in [-0.2, -0.15) is 4.98 Å². The van der Waals surface area contributed by atoms with E-state index in [9.17, 15) is 9.90 Å². The summed E-state index contributed by atoms with van der Waals surface area (Å²) in [5.74, 6) is 1.52. The van der Waals surface area contributed by atoms with Gasteiger partial charge in [-0.05, 0) is 55.9 Å². The van der Waals surface area contributed by atoms with Crippen molar-refractivity contribution in [2.75, 3.05) is 44.6 Å². The third-order valence-electron chi connectivity index (χ3n) is 9.06. The quantitative estimate of drug-likeness (QED) is 0.392. The average molecular weight is 508 g/mol. The zero-order valence-electron chi connectivity index (χ0n) is 20.8. The molecular formula is C26H33N7O4.